The maximum atomic E-state index is 9.28. The lowest BCUT2D eigenvalue weighted by atomic mass is 10.3. The summed E-state index contributed by atoms with van der Waals surface area (Å²) in [6.07, 6.45) is 1.84. The Hall–Kier alpha value is -1.22. The Morgan fingerprint density at radius 2 is 2.25 bits per heavy atom. The molecular formula is C9H12O2Si. The van der Waals surface area contributed by atoms with Gasteiger partial charge in [0.2, 0.25) is 9.76 Å². The molecule has 0 spiro atoms. The summed E-state index contributed by atoms with van der Waals surface area (Å²) in [4.78, 5) is 0. The minimum absolute atomic E-state index is 0.217. The molecule has 1 rings (SSSR count). The number of aromatic hydroxyl groups is 1. The summed E-state index contributed by atoms with van der Waals surface area (Å²) in [5.41, 5.74) is 0. The van der Waals surface area contributed by atoms with Crippen LogP contribution in [-0.2, 0) is 0 Å². The Morgan fingerprint density at radius 1 is 1.50 bits per heavy atom. The lowest BCUT2D eigenvalue weighted by Gasteiger charge is -2.05. The van der Waals surface area contributed by atoms with Crippen molar-refractivity contribution in [3.63, 3.8) is 0 Å². The Labute approximate surface area is 74.4 Å². The number of allylic oxidation sites excluding steroid dienone is 1. The second kappa shape index (κ2) is 4.61. The smallest absolute Gasteiger partial charge is 0.223 e. The molecule has 1 aromatic carbocycles. The van der Waals surface area contributed by atoms with Crippen molar-refractivity contribution >= 4 is 9.76 Å². The molecule has 0 saturated heterocycles. The van der Waals surface area contributed by atoms with Crippen LogP contribution in [0, 0.1) is 0 Å². The van der Waals surface area contributed by atoms with Gasteiger partial charge in [0.05, 0.1) is 0 Å². The van der Waals surface area contributed by atoms with E-state index in [1.54, 1.807) is 18.2 Å². The second-order valence-electron chi connectivity index (χ2n) is 2.39. The van der Waals surface area contributed by atoms with E-state index < -0.39 is 9.76 Å². The highest BCUT2D eigenvalue weighted by molar-refractivity contribution is 6.29. The zero-order chi connectivity index (χ0) is 8.81. The third kappa shape index (κ3) is 2.43. The first-order valence-corrected chi connectivity index (χ1v) is 5.44. The van der Waals surface area contributed by atoms with Crippen LogP contribution in [0.15, 0.2) is 36.9 Å². The molecule has 0 unspecified atom stereocenters. The summed E-state index contributed by atoms with van der Waals surface area (Å²) in [6.45, 7) is 3.61. The molecular weight excluding hydrogens is 168 g/mol. The van der Waals surface area contributed by atoms with Gasteiger partial charge in [-0.3, -0.25) is 0 Å². The van der Waals surface area contributed by atoms with Gasteiger partial charge in [-0.15, -0.1) is 6.58 Å². The summed E-state index contributed by atoms with van der Waals surface area (Å²) in [7, 11) is -0.586. The number of para-hydroxylation sites is 2. The van der Waals surface area contributed by atoms with Crippen LogP contribution in [-0.4, -0.2) is 14.9 Å². The van der Waals surface area contributed by atoms with Crippen molar-refractivity contribution in [2.45, 2.75) is 6.04 Å². The lowest BCUT2D eigenvalue weighted by molar-refractivity contribution is 0.443. The molecule has 64 valence electrons. The molecule has 1 aromatic rings. The highest BCUT2D eigenvalue weighted by Crippen LogP contribution is 2.23. The average Bonchev–Trinajstić information content (AvgIpc) is 2.09. The first kappa shape index (κ1) is 8.87. The summed E-state index contributed by atoms with van der Waals surface area (Å²) in [5, 5.41) is 9.28. The number of phenolic OH excluding ortho intramolecular Hbond substituents is 1. The van der Waals surface area contributed by atoms with Gasteiger partial charge in [-0.25, -0.2) is 0 Å². The van der Waals surface area contributed by atoms with Crippen molar-refractivity contribution in [3.8, 4) is 11.5 Å². The summed E-state index contributed by atoms with van der Waals surface area (Å²) in [5.74, 6) is 0.806. The molecule has 0 saturated carbocycles. The van der Waals surface area contributed by atoms with Crippen molar-refractivity contribution in [2.75, 3.05) is 0 Å². The fraction of sp³-hybridized carbons (Fsp3) is 0.111. The molecule has 2 nitrogen and oxygen atoms in total. The zero-order valence-corrected chi connectivity index (χ0v) is 8.28. The molecule has 0 amide bonds. The van der Waals surface area contributed by atoms with Gasteiger partial charge >= 0.3 is 0 Å². The molecule has 0 fully saturated rings. The Kier molecular flexibility index (Phi) is 3.41. The van der Waals surface area contributed by atoms with E-state index in [4.69, 9.17) is 4.43 Å². The Bertz CT molecular complexity index is 260. The molecule has 3 heteroatoms. The third-order valence-electron chi connectivity index (χ3n) is 1.44. The SMILES string of the molecule is C=CC[SiH2]Oc1ccccc1O. The lowest BCUT2D eigenvalue weighted by Crippen LogP contribution is -1.99. The van der Waals surface area contributed by atoms with E-state index in [0.717, 1.165) is 6.04 Å². The quantitative estimate of drug-likeness (QED) is 0.432. The Balaban J connectivity index is 2.51. The van der Waals surface area contributed by atoms with Crippen LogP contribution in [0.25, 0.3) is 0 Å². The van der Waals surface area contributed by atoms with Gasteiger partial charge in [0.15, 0.2) is 5.75 Å². The molecule has 1 N–H and O–H groups in total. The van der Waals surface area contributed by atoms with Gasteiger partial charge in [0.1, 0.15) is 5.75 Å². The van der Waals surface area contributed by atoms with Crippen LogP contribution < -0.4 is 4.43 Å². The van der Waals surface area contributed by atoms with E-state index in [2.05, 4.69) is 6.58 Å². The van der Waals surface area contributed by atoms with Crippen LogP contribution in [0.3, 0.4) is 0 Å². The van der Waals surface area contributed by atoms with E-state index in [1.165, 1.54) is 0 Å². The zero-order valence-electron chi connectivity index (χ0n) is 6.86. The van der Waals surface area contributed by atoms with Crippen molar-refractivity contribution in [3.05, 3.63) is 36.9 Å². The van der Waals surface area contributed by atoms with E-state index in [9.17, 15) is 5.11 Å². The summed E-state index contributed by atoms with van der Waals surface area (Å²) in [6, 6.07) is 7.94. The van der Waals surface area contributed by atoms with E-state index >= 15 is 0 Å². The van der Waals surface area contributed by atoms with Crippen LogP contribution in [0.5, 0.6) is 11.5 Å². The van der Waals surface area contributed by atoms with Gasteiger partial charge in [-0.2, -0.15) is 0 Å². The number of hydrogen-bond donors (Lipinski definition) is 1. The average molecular weight is 180 g/mol. The predicted octanol–water partition coefficient (Wildman–Crippen LogP) is 1.46. The van der Waals surface area contributed by atoms with Gasteiger partial charge in [-0.05, 0) is 18.2 Å². The largest absolute Gasteiger partial charge is 0.547 e. The van der Waals surface area contributed by atoms with Crippen LogP contribution in [0.1, 0.15) is 0 Å². The molecule has 0 aromatic heterocycles. The van der Waals surface area contributed by atoms with Gasteiger partial charge in [0, 0.05) is 0 Å². The van der Waals surface area contributed by atoms with Crippen LogP contribution in [0.4, 0.5) is 0 Å². The first-order valence-electron chi connectivity index (χ1n) is 3.86. The predicted molar refractivity (Wildman–Crippen MR) is 52.3 cm³/mol. The highest BCUT2D eigenvalue weighted by Gasteiger charge is 1.97. The molecule has 0 heterocycles. The van der Waals surface area contributed by atoms with Crippen molar-refractivity contribution in [2.24, 2.45) is 0 Å². The summed E-state index contributed by atoms with van der Waals surface area (Å²) < 4.78 is 5.39. The minimum atomic E-state index is -0.586. The number of hydrogen-bond acceptors (Lipinski definition) is 2. The molecule has 0 aliphatic heterocycles. The molecule has 0 atom stereocenters. The van der Waals surface area contributed by atoms with E-state index in [-0.39, 0.29) is 5.75 Å². The monoisotopic (exact) mass is 180 g/mol. The standard InChI is InChI=1S/C9H12O2Si/c1-2-7-12-11-9-6-4-3-5-8(9)10/h2-6,10H,1,7,12H2. The maximum absolute atomic E-state index is 9.28. The minimum Gasteiger partial charge on any atom is -0.547 e. The maximum Gasteiger partial charge on any atom is 0.223 e. The number of rotatable bonds is 4. The van der Waals surface area contributed by atoms with Gasteiger partial charge in [-0.1, -0.05) is 18.2 Å². The van der Waals surface area contributed by atoms with Crippen molar-refractivity contribution in [1.29, 1.82) is 0 Å². The number of phenols is 1. The third-order valence-corrected chi connectivity index (χ3v) is 2.60. The first-order chi connectivity index (χ1) is 5.84. The van der Waals surface area contributed by atoms with Crippen molar-refractivity contribution in [1.82, 2.24) is 0 Å². The molecule has 0 radical (unpaired) electrons. The normalized spacial score (nSPS) is 10.3. The second-order valence-corrected chi connectivity index (χ2v) is 3.67. The molecule has 0 aliphatic rings. The fourth-order valence-electron chi connectivity index (χ4n) is 0.831. The molecule has 12 heavy (non-hydrogen) atoms. The van der Waals surface area contributed by atoms with E-state index in [1.807, 2.05) is 12.1 Å². The fourth-order valence-corrected chi connectivity index (χ4v) is 1.58. The Morgan fingerprint density at radius 3 is 2.92 bits per heavy atom. The molecule has 0 aliphatic carbocycles. The van der Waals surface area contributed by atoms with Gasteiger partial charge < -0.3 is 9.53 Å². The van der Waals surface area contributed by atoms with E-state index in [0.29, 0.717) is 5.75 Å². The summed E-state index contributed by atoms with van der Waals surface area (Å²) >= 11 is 0. The van der Waals surface area contributed by atoms with Crippen LogP contribution in [0.2, 0.25) is 6.04 Å². The van der Waals surface area contributed by atoms with Gasteiger partial charge in [0.25, 0.3) is 0 Å². The topological polar surface area (TPSA) is 29.5 Å². The van der Waals surface area contributed by atoms with Crippen molar-refractivity contribution < 1.29 is 9.53 Å². The molecule has 0 bridgehead atoms. The van der Waals surface area contributed by atoms with Crippen LogP contribution >= 0.6 is 0 Å². The number of benzene rings is 1. The highest BCUT2D eigenvalue weighted by atomic mass is 28.2.